The van der Waals surface area contributed by atoms with Gasteiger partial charge in [-0.1, -0.05) is 30.3 Å². The van der Waals surface area contributed by atoms with Gasteiger partial charge in [-0.15, -0.1) is 11.3 Å². The van der Waals surface area contributed by atoms with Crippen molar-refractivity contribution in [3.8, 4) is 0 Å². The van der Waals surface area contributed by atoms with Crippen molar-refractivity contribution in [1.29, 1.82) is 0 Å². The van der Waals surface area contributed by atoms with Crippen LogP contribution in [-0.4, -0.2) is 8.42 Å². The van der Waals surface area contributed by atoms with E-state index in [4.69, 9.17) is 0 Å². The second-order valence-electron chi connectivity index (χ2n) is 4.66. The molecule has 0 saturated heterocycles. The minimum absolute atomic E-state index is 0.309. The molecule has 0 radical (unpaired) electrons. The second kappa shape index (κ2) is 5.36. The Balaban J connectivity index is 2.30. The molecule has 0 saturated carbocycles. The standard InChI is InChI=1S/C13H14BrNO2S2/c1-13(2,10-6-4-3-5-7-10)15-19(16,17)12-9-8-11(14)18-12/h3-9,15H,1-2H3. The Bertz CT molecular complexity index is 663. The maximum absolute atomic E-state index is 12.3. The van der Waals surface area contributed by atoms with Gasteiger partial charge in [0.1, 0.15) is 4.21 Å². The average Bonchev–Trinajstić information content (AvgIpc) is 2.77. The van der Waals surface area contributed by atoms with Crippen LogP contribution in [0.1, 0.15) is 19.4 Å². The van der Waals surface area contributed by atoms with Crippen molar-refractivity contribution >= 4 is 37.3 Å². The third-order valence-corrected chi connectivity index (χ3v) is 6.47. The van der Waals surface area contributed by atoms with E-state index in [-0.39, 0.29) is 0 Å². The molecule has 2 rings (SSSR count). The summed E-state index contributed by atoms with van der Waals surface area (Å²) < 4.78 is 28.5. The van der Waals surface area contributed by atoms with Gasteiger partial charge in [0.05, 0.1) is 9.33 Å². The highest BCUT2D eigenvalue weighted by Gasteiger charge is 2.28. The first kappa shape index (κ1) is 14.7. The number of rotatable bonds is 4. The van der Waals surface area contributed by atoms with E-state index in [2.05, 4.69) is 20.7 Å². The van der Waals surface area contributed by atoms with Crippen molar-refractivity contribution in [2.45, 2.75) is 23.6 Å². The quantitative estimate of drug-likeness (QED) is 0.903. The minimum atomic E-state index is -3.51. The van der Waals surface area contributed by atoms with Crippen molar-refractivity contribution < 1.29 is 8.42 Å². The molecular weight excluding hydrogens is 346 g/mol. The number of sulfonamides is 1. The number of nitrogens with one attached hydrogen (secondary N) is 1. The zero-order valence-electron chi connectivity index (χ0n) is 10.6. The SMILES string of the molecule is CC(C)(NS(=O)(=O)c1ccc(Br)s1)c1ccccc1. The molecular formula is C13H14BrNO2S2. The van der Waals surface area contributed by atoms with Crippen LogP contribution < -0.4 is 4.72 Å². The highest BCUT2D eigenvalue weighted by molar-refractivity contribution is 9.11. The molecule has 1 heterocycles. The lowest BCUT2D eigenvalue weighted by Gasteiger charge is -2.26. The van der Waals surface area contributed by atoms with Gasteiger partial charge >= 0.3 is 0 Å². The molecule has 1 aromatic heterocycles. The van der Waals surface area contributed by atoms with Gasteiger partial charge in [-0.2, -0.15) is 0 Å². The lowest BCUT2D eigenvalue weighted by Crippen LogP contribution is -2.40. The van der Waals surface area contributed by atoms with Crippen LogP contribution in [0.3, 0.4) is 0 Å². The first-order valence-electron chi connectivity index (χ1n) is 5.66. The van der Waals surface area contributed by atoms with Crippen molar-refractivity contribution in [2.24, 2.45) is 0 Å². The van der Waals surface area contributed by atoms with Crippen LogP contribution in [0.5, 0.6) is 0 Å². The van der Waals surface area contributed by atoms with E-state index in [0.717, 1.165) is 9.35 Å². The average molecular weight is 360 g/mol. The number of thiophene rings is 1. The summed E-state index contributed by atoms with van der Waals surface area (Å²) in [5.74, 6) is 0. The van der Waals surface area contributed by atoms with Gasteiger partial charge in [-0.3, -0.25) is 0 Å². The molecule has 0 bridgehead atoms. The number of halogens is 1. The predicted molar refractivity (Wildman–Crippen MR) is 81.8 cm³/mol. The molecule has 0 atom stereocenters. The topological polar surface area (TPSA) is 46.2 Å². The molecule has 2 aromatic rings. The first-order chi connectivity index (χ1) is 8.81. The Kier molecular flexibility index (Phi) is 4.15. The summed E-state index contributed by atoms with van der Waals surface area (Å²) in [7, 11) is -3.51. The summed E-state index contributed by atoms with van der Waals surface area (Å²) >= 11 is 4.47. The van der Waals surface area contributed by atoms with Crippen molar-refractivity contribution in [1.82, 2.24) is 4.72 Å². The molecule has 0 spiro atoms. The Morgan fingerprint density at radius 3 is 2.26 bits per heavy atom. The van der Waals surface area contributed by atoms with Crippen LogP contribution in [-0.2, 0) is 15.6 Å². The minimum Gasteiger partial charge on any atom is -0.206 e. The molecule has 0 aliphatic rings. The highest BCUT2D eigenvalue weighted by Crippen LogP contribution is 2.28. The Hall–Kier alpha value is -0.690. The van der Waals surface area contributed by atoms with E-state index in [1.54, 1.807) is 12.1 Å². The van der Waals surface area contributed by atoms with Crippen LogP contribution in [0.2, 0.25) is 0 Å². The number of hydrogen-bond acceptors (Lipinski definition) is 3. The summed E-state index contributed by atoms with van der Waals surface area (Å²) in [5.41, 5.74) is 0.269. The summed E-state index contributed by atoms with van der Waals surface area (Å²) in [6.45, 7) is 3.70. The van der Waals surface area contributed by atoms with Gasteiger partial charge in [-0.25, -0.2) is 13.1 Å². The molecule has 0 aliphatic carbocycles. The molecule has 3 nitrogen and oxygen atoms in total. The van der Waals surface area contributed by atoms with Crippen molar-refractivity contribution in [3.63, 3.8) is 0 Å². The van der Waals surface area contributed by atoms with E-state index in [1.165, 1.54) is 11.3 Å². The zero-order valence-corrected chi connectivity index (χ0v) is 13.8. The lowest BCUT2D eigenvalue weighted by molar-refractivity contribution is 0.473. The summed E-state index contributed by atoms with van der Waals surface area (Å²) in [5, 5.41) is 0. The third kappa shape index (κ3) is 3.45. The van der Waals surface area contributed by atoms with E-state index in [9.17, 15) is 8.42 Å². The fourth-order valence-corrected chi connectivity index (χ4v) is 5.15. The zero-order chi connectivity index (χ0) is 14.1. The third-order valence-electron chi connectivity index (χ3n) is 2.70. The lowest BCUT2D eigenvalue weighted by atomic mass is 9.96. The maximum Gasteiger partial charge on any atom is 0.250 e. The largest absolute Gasteiger partial charge is 0.250 e. The van der Waals surface area contributed by atoms with E-state index >= 15 is 0 Å². The van der Waals surface area contributed by atoms with Gasteiger partial charge in [0.2, 0.25) is 0 Å². The molecule has 102 valence electrons. The molecule has 0 aliphatic heterocycles. The Labute approximate surface area is 125 Å². The second-order valence-corrected chi connectivity index (χ2v) is 9.03. The van der Waals surface area contributed by atoms with Gasteiger partial charge in [-0.05, 0) is 47.5 Å². The normalized spacial score (nSPS) is 12.6. The van der Waals surface area contributed by atoms with E-state index in [0.29, 0.717) is 4.21 Å². The van der Waals surface area contributed by atoms with Gasteiger partial charge in [0.25, 0.3) is 10.0 Å². The van der Waals surface area contributed by atoms with Gasteiger partial charge in [0, 0.05) is 0 Å². The fraction of sp³-hybridized carbons (Fsp3) is 0.231. The van der Waals surface area contributed by atoms with E-state index < -0.39 is 15.6 Å². The van der Waals surface area contributed by atoms with Crippen molar-refractivity contribution in [3.05, 3.63) is 51.8 Å². The van der Waals surface area contributed by atoms with Crippen LogP contribution in [0.25, 0.3) is 0 Å². The smallest absolute Gasteiger partial charge is 0.206 e. The van der Waals surface area contributed by atoms with Crippen molar-refractivity contribution in [2.75, 3.05) is 0 Å². The first-order valence-corrected chi connectivity index (χ1v) is 8.75. The number of benzene rings is 1. The van der Waals surface area contributed by atoms with Crippen LogP contribution in [0.15, 0.2) is 50.5 Å². The molecule has 0 unspecified atom stereocenters. The Morgan fingerprint density at radius 2 is 1.74 bits per heavy atom. The van der Waals surface area contributed by atoms with Gasteiger partial charge in [0.15, 0.2) is 0 Å². The maximum atomic E-state index is 12.3. The Morgan fingerprint density at radius 1 is 1.11 bits per heavy atom. The van der Waals surface area contributed by atoms with Crippen LogP contribution in [0.4, 0.5) is 0 Å². The predicted octanol–water partition coefficient (Wildman–Crippen LogP) is 3.72. The molecule has 1 aromatic carbocycles. The molecule has 19 heavy (non-hydrogen) atoms. The number of hydrogen-bond donors (Lipinski definition) is 1. The highest BCUT2D eigenvalue weighted by atomic mass is 79.9. The summed E-state index contributed by atoms with van der Waals surface area (Å²) in [4.78, 5) is 0. The molecule has 0 fully saturated rings. The van der Waals surface area contributed by atoms with Crippen LogP contribution >= 0.6 is 27.3 Å². The summed E-state index contributed by atoms with van der Waals surface area (Å²) in [6.07, 6.45) is 0. The van der Waals surface area contributed by atoms with Crippen LogP contribution in [0, 0.1) is 0 Å². The monoisotopic (exact) mass is 359 g/mol. The fourth-order valence-electron chi connectivity index (χ4n) is 1.74. The van der Waals surface area contributed by atoms with Gasteiger partial charge < -0.3 is 0 Å². The van der Waals surface area contributed by atoms with E-state index in [1.807, 2.05) is 44.2 Å². The summed E-state index contributed by atoms with van der Waals surface area (Å²) in [6, 6.07) is 12.8. The molecule has 0 amide bonds. The molecule has 6 heteroatoms. The molecule has 1 N–H and O–H groups in total.